The Morgan fingerprint density at radius 3 is 2.57 bits per heavy atom. The third-order valence-electron chi connectivity index (χ3n) is 9.23. The number of ether oxygens (including phenoxy) is 1. The summed E-state index contributed by atoms with van der Waals surface area (Å²) in [4.78, 5) is 29.4. The number of aromatic nitrogens is 3. The largest absolute Gasteiger partial charge is 0.481 e. The fourth-order valence-corrected chi connectivity index (χ4v) is 7.08. The number of carboxylic acids is 1. The molecule has 3 fully saturated rings. The van der Waals surface area contributed by atoms with Gasteiger partial charge in [-0.2, -0.15) is 9.97 Å². The van der Waals surface area contributed by atoms with Gasteiger partial charge >= 0.3 is 12.0 Å². The normalized spacial score (nSPS) is 22.1. The summed E-state index contributed by atoms with van der Waals surface area (Å²) in [7, 11) is 0. The van der Waals surface area contributed by atoms with Crippen molar-refractivity contribution in [2.24, 2.45) is 5.92 Å². The number of fused-ring (bicyclic) bond motifs is 3. The predicted molar refractivity (Wildman–Crippen MR) is 152 cm³/mol. The molecule has 218 valence electrons. The van der Waals surface area contributed by atoms with Crippen LogP contribution < -0.4 is 9.64 Å². The minimum Gasteiger partial charge on any atom is -0.481 e. The van der Waals surface area contributed by atoms with Crippen LogP contribution in [0.2, 0.25) is 0 Å². The number of aliphatic hydroxyl groups is 1. The van der Waals surface area contributed by atoms with Crippen LogP contribution in [0, 0.1) is 17.6 Å². The van der Waals surface area contributed by atoms with E-state index in [-0.39, 0.29) is 47.7 Å². The summed E-state index contributed by atoms with van der Waals surface area (Å²) in [6, 6.07) is 9.81. The number of rotatable bonds is 6. The fourth-order valence-electron chi connectivity index (χ4n) is 7.08. The van der Waals surface area contributed by atoms with Crippen LogP contribution in [0.5, 0.6) is 6.01 Å². The number of aliphatic hydroxyl groups excluding tert-OH is 1. The molecule has 2 aromatic heterocycles. The molecule has 0 radical (unpaired) electrons. The molecule has 4 aromatic rings. The van der Waals surface area contributed by atoms with Gasteiger partial charge in [-0.3, -0.25) is 14.7 Å². The van der Waals surface area contributed by atoms with E-state index in [1.54, 1.807) is 35.2 Å². The molecule has 3 aliphatic rings. The van der Waals surface area contributed by atoms with E-state index >= 15 is 4.39 Å². The minimum atomic E-state index is -1.13. The summed E-state index contributed by atoms with van der Waals surface area (Å²) in [6.07, 6.45) is 4.72. The number of anilines is 1. The Balaban J connectivity index is 1.34. The van der Waals surface area contributed by atoms with Gasteiger partial charge in [-0.1, -0.05) is 30.3 Å². The van der Waals surface area contributed by atoms with E-state index in [0.29, 0.717) is 28.8 Å². The van der Waals surface area contributed by atoms with Crippen molar-refractivity contribution in [3.8, 4) is 17.3 Å². The minimum absolute atomic E-state index is 0.000577. The van der Waals surface area contributed by atoms with Crippen molar-refractivity contribution in [3.63, 3.8) is 0 Å². The lowest BCUT2D eigenvalue weighted by molar-refractivity contribution is -0.146. The van der Waals surface area contributed by atoms with Crippen molar-refractivity contribution in [1.29, 1.82) is 0 Å². The third-order valence-corrected chi connectivity index (χ3v) is 9.23. The van der Waals surface area contributed by atoms with Crippen LogP contribution in [0.15, 0.2) is 42.6 Å². The summed E-state index contributed by atoms with van der Waals surface area (Å²) in [5.74, 6) is -2.87. The number of nitrogens with zero attached hydrogens (tertiary/aromatic N) is 5. The average molecular weight is 576 g/mol. The maximum absolute atomic E-state index is 16.5. The smallest absolute Gasteiger partial charge is 0.319 e. The molecule has 11 heteroatoms. The Bertz CT molecular complexity index is 1690. The highest BCUT2D eigenvalue weighted by atomic mass is 19.1. The number of carbonyl (C=O) groups is 1. The molecule has 0 bridgehead atoms. The van der Waals surface area contributed by atoms with Crippen molar-refractivity contribution in [1.82, 2.24) is 19.9 Å². The van der Waals surface area contributed by atoms with Gasteiger partial charge in [0.1, 0.15) is 29.5 Å². The zero-order chi connectivity index (χ0) is 29.0. The van der Waals surface area contributed by atoms with Crippen molar-refractivity contribution < 1.29 is 28.5 Å². The van der Waals surface area contributed by atoms with E-state index in [4.69, 9.17) is 4.74 Å². The number of aliphatic carboxylic acids is 1. The van der Waals surface area contributed by atoms with Gasteiger partial charge in [0.05, 0.1) is 22.9 Å². The molecule has 2 N–H and O–H groups in total. The summed E-state index contributed by atoms with van der Waals surface area (Å²) in [5, 5.41) is 21.3. The summed E-state index contributed by atoms with van der Waals surface area (Å²) < 4.78 is 37.6. The first-order valence-corrected chi connectivity index (χ1v) is 14.4. The fraction of sp³-hybridized carbons (Fsp3) is 0.419. The first kappa shape index (κ1) is 26.9. The zero-order valence-electron chi connectivity index (χ0n) is 23.0. The molecule has 5 heterocycles. The van der Waals surface area contributed by atoms with Crippen LogP contribution in [-0.2, 0) is 4.79 Å². The molecule has 0 saturated carbocycles. The van der Waals surface area contributed by atoms with Gasteiger partial charge in [-0.25, -0.2) is 8.78 Å². The van der Waals surface area contributed by atoms with Gasteiger partial charge in [0.15, 0.2) is 5.82 Å². The molecule has 0 aliphatic carbocycles. The molecule has 2 atom stereocenters. The van der Waals surface area contributed by atoms with Gasteiger partial charge in [0.25, 0.3) is 0 Å². The van der Waals surface area contributed by atoms with E-state index in [9.17, 15) is 19.4 Å². The summed E-state index contributed by atoms with van der Waals surface area (Å²) in [6.45, 7) is 2.70. The predicted octanol–water partition coefficient (Wildman–Crippen LogP) is 4.40. The second kappa shape index (κ2) is 10.4. The van der Waals surface area contributed by atoms with E-state index in [2.05, 4.69) is 19.9 Å². The molecule has 3 saturated heterocycles. The molecule has 2 aromatic carbocycles. The Labute approximate surface area is 240 Å². The number of pyridine rings is 1. The lowest BCUT2D eigenvalue weighted by atomic mass is 9.94. The lowest BCUT2D eigenvalue weighted by Gasteiger charge is -2.35. The topological polar surface area (TPSA) is 112 Å². The SMILES string of the molecule is O=C(O)[C@H]1CCN(c2nc(OCC34CCCN3CCC4)nc3c(F)c(-c4cccc5cccc(F)c45)ncc23)C[C@H]1O. The van der Waals surface area contributed by atoms with Crippen LogP contribution in [0.4, 0.5) is 14.6 Å². The highest BCUT2D eigenvalue weighted by Gasteiger charge is 2.45. The van der Waals surface area contributed by atoms with Crippen LogP contribution in [0.3, 0.4) is 0 Å². The number of β-amino-alcohol motifs (C(OH)–C–C–N with tert-alkyl or cyclic N) is 1. The van der Waals surface area contributed by atoms with Crippen LogP contribution in [0.1, 0.15) is 32.1 Å². The standard InChI is InChI=1S/C31H31F2N5O4/c32-22-8-2-6-18-5-1-7-20(24(18)22)26-25(33)27-21(15-34-26)28(37-14-9-19(29(40)41)23(39)16-37)36-30(35-27)42-17-31-10-3-12-38(31)13-4-11-31/h1-2,5-8,15,19,23,39H,3-4,9-14,16-17H2,(H,40,41)/t19-,23+/m0/s1. The summed E-state index contributed by atoms with van der Waals surface area (Å²) in [5.41, 5.74) is 0.138. The zero-order valence-corrected chi connectivity index (χ0v) is 23.0. The third kappa shape index (κ3) is 4.42. The maximum Gasteiger partial charge on any atom is 0.319 e. The molecule has 0 amide bonds. The Hall–Kier alpha value is -3.96. The van der Waals surface area contributed by atoms with Crippen LogP contribution in [0.25, 0.3) is 32.9 Å². The van der Waals surface area contributed by atoms with Crippen LogP contribution in [-0.4, -0.2) is 80.5 Å². The van der Waals surface area contributed by atoms with E-state index < -0.39 is 29.6 Å². The molecule has 0 spiro atoms. The van der Waals surface area contributed by atoms with E-state index in [0.717, 1.165) is 38.8 Å². The first-order chi connectivity index (χ1) is 20.3. The first-order valence-electron chi connectivity index (χ1n) is 14.4. The molecular formula is C31H31F2N5O4. The molecule has 0 unspecified atom stereocenters. The number of carboxylic acid groups (broad SMARTS) is 1. The van der Waals surface area contributed by atoms with Crippen molar-refractivity contribution in [3.05, 3.63) is 54.2 Å². The van der Waals surface area contributed by atoms with Gasteiger partial charge in [-0.15, -0.1) is 0 Å². The maximum atomic E-state index is 16.5. The van der Waals surface area contributed by atoms with Crippen molar-refractivity contribution in [2.75, 3.05) is 37.7 Å². The Kier molecular flexibility index (Phi) is 6.66. The molecule has 9 nitrogen and oxygen atoms in total. The highest BCUT2D eigenvalue weighted by Crippen LogP contribution is 2.40. The quantitative estimate of drug-likeness (QED) is 0.346. The Morgan fingerprint density at radius 2 is 1.83 bits per heavy atom. The molecule has 7 rings (SSSR count). The number of benzene rings is 2. The van der Waals surface area contributed by atoms with Gasteiger partial charge in [-0.05, 0) is 56.6 Å². The number of halogens is 2. The van der Waals surface area contributed by atoms with Crippen LogP contribution >= 0.6 is 0 Å². The second-order valence-electron chi connectivity index (χ2n) is 11.6. The lowest BCUT2D eigenvalue weighted by Crippen LogP contribution is -2.47. The van der Waals surface area contributed by atoms with Gasteiger partial charge in [0.2, 0.25) is 0 Å². The van der Waals surface area contributed by atoms with Crippen molar-refractivity contribution >= 4 is 33.5 Å². The number of piperidine rings is 1. The molecule has 42 heavy (non-hydrogen) atoms. The monoisotopic (exact) mass is 575 g/mol. The highest BCUT2D eigenvalue weighted by molar-refractivity contribution is 5.99. The molecular weight excluding hydrogens is 544 g/mol. The van der Waals surface area contributed by atoms with E-state index in [1.807, 2.05) is 0 Å². The van der Waals surface area contributed by atoms with Gasteiger partial charge < -0.3 is 19.8 Å². The summed E-state index contributed by atoms with van der Waals surface area (Å²) >= 11 is 0. The van der Waals surface area contributed by atoms with E-state index in [1.165, 1.54) is 12.3 Å². The average Bonchev–Trinajstić information content (AvgIpc) is 3.56. The number of hydrogen-bond acceptors (Lipinski definition) is 8. The second-order valence-corrected chi connectivity index (χ2v) is 11.6. The number of hydrogen-bond donors (Lipinski definition) is 2. The molecule has 3 aliphatic heterocycles. The Morgan fingerprint density at radius 1 is 1.07 bits per heavy atom. The van der Waals surface area contributed by atoms with Crippen molar-refractivity contribution in [2.45, 2.75) is 43.7 Å². The van der Waals surface area contributed by atoms with Gasteiger partial charge in [0, 0.05) is 30.2 Å².